The van der Waals surface area contributed by atoms with Gasteiger partial charge < -0.3 is 9.64 Å². The molecular weight excluding hydrogens is 350 g/mol. The number of hydrogen-bond acceptors (Lipinski definition) is 5. The Morgan fingerprint density at radius 3 is 2.69 bits per heavy atom. The number of amides is 1. The summed E-state index contributed by atoms with van der Waals surface area (Å²) in [6.07, 6.45) is 0.924. The van der Waals surface area contributed by atoms with Crippen LogP contribution in [-0.4, -0.2) is 30.8 Å². The summed E-state index contributed by atoms with van der Waals surface area (Å²) in [5.41, 5.74) is 1.92. The van der Waals surface area contributed by atoms with E-state index in [1.54, 1.807) is 11.0 Å². The quantitative estimate of drug-likeness (QED) is 0.577. The van der Waals surface area contributed by atoms with Gasteiger partial charge in [-0.05, 0) is 37.1 Å². The molecule has 0 bridgehead atoms. The minimum atomic E-state index is -0.537. The van der Waals surface area contributed by atoms with Gasteiger partial charge in [0.05, 0.1) is 10.8 Å². The van der Waals surface area contributed by atoms with Crippen LogP contribution in [0.1, 0.15) is 33.5 Å². The third kappa shape index (κ3) is 3.85. The Balaban J connectivity index is 1.61. The zero-order valence-electron chi connectivity index (χ0n) is 14.9. The molecule has 1 saturated heterocycles. The number of anilines is 1. The highest BCUT2D eigenvalue weighted by atomic mass is 32.1. The van der Waals surface area contributed by atoms with Gasteiger partial charge in [-0.25, -0.2) is 0 Å². The number of thiophene rings is 1. The zero-order valence-corrected chi connectivity index (χ0v) is 15.7. The first-order valence-electron chi connectivity index (χ1n) is 8.64. The molecule has 3 rings (SSSR count). The third-order valence-corrected chi connectivity index (χ3v) is 5.52. The van der Waals surface area contributed by atoms with E-state index in [2.05, 4.69) is 0 Å². The van der Waals surface area contributed by atoms with E-state index in [-0.39, 0.29) is 24.7 Å². The minimum Gasteiger partial charge on any atom is -0.457 e. The molecule has 0 N–H and O–H groups in total. The lowest BCUT2D eigenvalue weighted by Crippen LogP contribution is -2.27. The maximum absolute atomic E-state index is 12.4. The van der Waals surface area contributed by atoms with Gasteiger partial charge in [-0.3, -0.25) is 14.4 Å². The molecule has 6 heteroatoms. The van der Waals surface area contributed by atoms with Gasteiger partial charge in [0, 0.05) is 23.5 Å². The van der Waals surface area contributed by atoms with Gasteiger partial charge in [0.15, 0.2) is 6.61 Å². The van der Waals surface area contributed by atoms with Gasteiger partial charge in [-0.1, -0.05) is 25.1 Å². The first-order chi connectivity index (χ1) is 12.5. The number of nitrogens with zero attached hydrogens (tertiary/aromatic N) is 1. The molecular formula is C20H21NO4S. The van der Waals surface area contributed by atoms with Crippen LogP contribution < -0.4 is 4.90 Å². The molecule has 26 heavy (non-hydrogen) atoms. The molecule has 1 amide bonds. The SMILES string of the molecule is CCc1ccccc1N1C[C@H](C(=O)OCC(=O)c2ccc(C)s2)CC1=O. The molecule has 1 aromatic carbocycles. The third-order valence-electron chi connectivity index (χ3n) is 4.48. The summed E-state index contributed by atoms with van der Waals surface area (Å²) in [5, 5.41) is 0. The van der Waals surface area contributed by atoms with Crippen LogP contribution in [0.5, 0.6) is 0 Å². The standard InChI is InChI=1S/C20H21NO4S/c1-3-14-6-4-5-7-16(14)21-11-15(10-19(21)23)20(24)25-12-17(22)18-9-8-13(2)26-18/h4-9,15H,3,10-12H2,1-2H3/t15-/m1/s1. The van der Waals surface area contributed by atoms with Crippen LogP contribution in [0.2, 0.25) is 0 Å². The molecule has 0 unspecified atom stereocenters. The maximum atomic E-state index is 12.4. The number of rotatable bonds is 6. The minimum absolute atomic E-state index is 0.0898. The number of hydrogen-bond donors (Lipinski definition) is 0. The summed E-state index contributed by atoms with van der Waals surface area (Å²) in [4.78, 5) is 40.0. The second kappa shape index (κ2) is 7.83. The van der Waals surface area contributed by atoms with Crippen LogP contribution in [0, 0.1) is 12.8 Å². The lowest BCUT2D eigenvalue weighted by atomic mass is 10.1. The molecule has 2 heterocycles. The van der Waals surface area contributed by atoms with Crippen molar-refractivity contribution in [1.82, 2.24) is 0 Å². The molecule has 1 aromatic heterocycles. The molecule has 5 nitrogen and oxygen atoms in total. The molecule has 1 fully saturated rings. The van der Waals surface area contributed by atoms with E-state index in [9.17, 15) is 14.4 Å². The Hall–Kier alpha value is -2.47. The second-order valence-electron chi connectivity index (χ2n) is 6.33. The number of esters is 1. The fourth-order valence-corrected chi connectivity index (χ4v) is 3.87. The molecule has 0 saturated carbocycles. The summed E-state index contributed by atoms with van der Waals surface area (Å²) in [6, 6.07) is 11.3. The molecule has 0 aliphatic carbocycles. The van der Waals surface area contributed by atoms with Crippen LogP contribution >= 0.6 is 11.3 Å². The van der Waals surface area contributed by atoms with Crippen LogP contribution in [0.15, 0.2) is 36.4 Å². The van der Waals surface area contributed by atoms with Gasteiger partial charge in [-0.2, -0.15) is 0 Å². The summed E-state index contributed by atoms with van der Waals surface area (Å²) in [7, 11) is 0. The Morgan fingerprint density at radius 1 is 1.23 bits per heavy atom. The van der Waals surface area contributed by atoms with E-state index >= 15 is 0 Å². The molecule has 0 spiro atoms. The van der Waals surface area contributed by atoms with E-state index in [1.807, 2.05) is 44.2 Å². The number of ketones is 1. The first kappa shape index (κ1) is 18.3. The Kier molecular flexibility index (Phi) is 5.52. The monoisotopic (exact) mass is 371 g/mol. The first-order valence-corrected chi connectivity index (χ1v) is 9.45. The van der Waals surface area contributed by atoms with E-state index in [4.69, 9.17) is 4.74 Å². The summed E-state index contributed by atoms with van der Waals surface area (Å²) in [6.45, 7) is 3.96. The summed E-state index contributed by atoms with van der Waals surface area (Å²) >= 11 is 1.38. The molecule has 1 aliphatic rings. The van der Waals surface area contributed by atoms with Crippen molar-refractivity contribution >= 4 is 34.7 Å². The van der Waals surface area contributed by atoms with Gasteiger partial charge >= 0.3 is 5.97 Å². The fraction of sp³-hybridized carbons (Fsp3) is 0.350. The van der Waals surface area contributed by atoms with Crippen molar-refractivity contribution in [3.63, 3.8) is 0 Å². The van der Waals surface area contributed by atoms with Crippen molar-refractivity contribution in [1.29, 1.82) is 0 Å². The molecule has 136 valence electrons. The van der Waals surface area contributed by atoms with Crippen molar-refractivity contribution in [2.75, 3.05) is 18.1 Å². The average molecular weight is 371 g/mol. The van der Waals surface area contributed by atoms with Crippen LogP contribution in [-0.2, 0) is 20.7 Å². The number of aryl methyl sites for hydroxylation is 2. The van der Waals surface area contributed by atoms with Crippen LogP contribution in [0.3, 0.4) is 0 Å². The smallest absolute Gasteiger partial charge is 0.311 e. The Bertz CT molecular complexity index is 842. The van der Waals surface area contributed by atoms with Crippen molar-refractivity contribution in [3.8, 4) is 0 Å². The number of para-hydroxylation sites is 1. The summed E-state index contributed by atoms with van der Waals surface area (Å²) in [5.74, 6) is -1.33. The summed E-state index contributed by atoms with van der Waals surface area (Å²) < 4.78 is 5.18. The van der Waals surface area contributed by atoms with Crippen molar-refractivity contribution in [3.05, 3.63) is 51.7 Å². The fourth-order valence-electron chi connectivity index (χ4n) is 3.08. The highest BCUT2D eigenvalue weighted by molar-refractivity contribution is 7.14. The van der Waals surface area contributed by atoms with Crippen molar-refractivity contribution in [2.45, 2.75) is 26.7 Å². The Morgan fingerprint density at radius 2 is 2.00 bits per heavy atom. The lowest BCUT2D eigenvalue weighted by Gasteiger charge is -2.19. The highest BCUT2D eigenvalue weighted by Gasteiger charge is 2.37. The van der Waals surface area contributed by atoms with Crippen LogP contribution in [0.4, 0.5) is 5.69 Å². The number of ether oxygens (including phenoxy) is 1. The molecule has 0 radical (unpaired) electrons. The Labute approximate surface area is 156 Å². The maximum Gasteiger partial charge on any atom is 0.311 e. The van der Waals surface area contributed by atoms with E-state index in [0.29, 0.717) is 11.4 Å². The topological polar surface area (TPSA) is 63.7 Å². The number of carbonyl (C=O) groups is 3. The predicted octanol–water partition coefficient (Wildman–Crippen LogP) is 3.40. The van der Waals surface area contributed by atoms with E-state index in [0.717, 1.165) is 22.5 Å². The molecule has 1 aliphatic heterocycles. The van der Waals surface area contributed by atoms with Gasteiger partial charge in [0.1, 0.15) is 0 Å². The van der Waals surface area contributed by atoms with Gasteiger partial charge in [0.2, 0.25) is 11.7 Å². The van der Waals surface area contributed by atoms with Gasteiger partial charge in [0.25, 0.3) is 0 Å². The second-order valence-corrected chi connectivity index (χ2v) is 7.62. The van der Waals surface area contributed by atoms with Crippen molar-refractivity contribution < 1.29 is 19.1 Å². The zero-order chi connectivity index (χ0) is 18.7. The lowest BCUT2D eigenvalue weighted by molar-refractivity contribution is -0.147. The average Bonchev–Trinajstić information content (AvgIpc) is 3.25. The van der Waals surface area contributed by atoms with Crippen molar-refractivity contribution in [2.24, 2.45) is 5.92 Å². The molecule has 1 atom stereocenters. The van der Waals surface area contributed by atoms with Gasteiger partial charge in [-0.15, -0.1) is 11.3 Å². The van der Waals surface area contributed by atoms with Crippen LogP contribution in [0.25, 0.3) is 0 Å². The van der Waals surface area contributed by atoms with E-state index in [1.165, 1.54) is 11.3 Å². The number of carbonyl (C=O) groups excluding carboxylic acids is 3. The number of benzene rings is 1. The predicted molar refractivity (Wildman–Crippen MR) is 101 cm³/mol. The highest BCUT2D eigenvalue weighted by Crippen LogP contribution is 2.29. The normalized spacial score (nSPS) is 16.8. The van der Waals surface area contributed by atoms with E-state index < -0.39 is 11.9 Å². The molecule has 2 aromatic rings. The largest absolute Gasteiger partial charge is 0.457 e. The number of Topliss-reactive ketones (excluding diaryl/α,β-unsaturated/α-hetero) is 1.